The van der Waals surface area contributed by atoms with E-state index in [2.05, 4.69) is 49.0 Å². The molecule has 1 atom stereocenters. The molecule has 0 fully saturated rings. The molecule has 0 spiro atoms. The van der Waals surface area contributed by atoms with Crippen molar-refractivity contribution in [2.75, 3.05) is 0 Å². The lowest BCUT2D eigenvalue weighted by Gasteiger charge is -2.10. The minimum Gasteiger partial charge on any atom is -0.393 e. The van der Waals surface area contributed by atoms with E-state index in [4.69, 9.17) is 0 Å². The zero-order valence-electron chi connectivity index (χ0n) is 10.7. The zero-order valence-corrected chi connectivity index (χ0v) is 10.7. The summed E-state index contributed by atoms with van der Waals surface area (Å²) in [5.74, 6) is 0. The van der Waals surface area contributed by atoms with Gasteiger partial charge >= 0.3 is 0 Å². The van der Waals surface area contributed by atoms with Crippen LogP contribution in [0.25, 0.3) is 10.8 Å². The van der Waals surface area contributed by atoms with Crippen LogP contribution in [0.3, 0.4) is 0 Å². The Morgan fingerprint density at radius 2 is 1.83 bits per heavy atom. The molecule has 0 heterocycles. The Bertz CT molecular complexity index is 511. The molecule has 1 heteroatoms. The van der Waals surface area contributed by atoms with Crippen LogP contribution >= 0.6 is 0 Å². The Kier molecular flexibility index (Phi) is 4.54. The van der Waals surface area contributed by atoms with E-state index in [0.717, 1.165) is 25.7 Å². The van der Waals surface area contributed by atoms with Gasteiger partial charge in [-0.2, -0.15) is 0 Å². The number of allylic oxidation sites excluding steroid dienone is 1. The molecule has 0 amide bonds. The third kappa shape index (κ3) is 3.21. The first-order valence-electron chi connectivity index (χ1n) is 6.57. The number of aliphatic hydroxyl groups is 1. The van der Waals surface area contributed by atoms with Gasteiger partial charge in [0.25, 0.3) is 0 Å². The van der Waals surface area contributed by atoms with Gasteiger partial charge in [0, 0.05) is 0 Å². The Labute approximate surface area is 109 Å². The van der Waals surface area contributed by atoms with Crippen molar-refractivity contribution in [1.29, 1.82) is 0 Å². The zero-order chi connectivity index (χ0) is 12.8. The molecule has 0 aliphatic carbocycles. The first kappa shape index (κ1) is 12.8. The molecule has 0 aliphatic heterocycles. The van der Waals surface area contributed by atoms with Crippen LogP contribution in [0.5, 0.6) is 0 Å². The molecular formula is C17H20O. The molecular weight excluding hydrogens is 220 g/mol. The number of aryl methyl sites for hydroxylation is 1. The summed E-state index contributed by atoms with van der Waals surface area (Å²) in [5, 5.41) is 12.4. The number of hydrogen-bond donors (Lipinski definition) is 1. The van der Waals surface area contributed by atoms with E-state index in [9.17, 15) is 5.11 Å². The van der Waals surface area contributed by atoms with Crippen molar-refractivity contribution in [2.24, 2.45) is 0 Å². The average molecular weight is 240 g/mol. The molecule has 0 bridgehead atoms. The van der Waals surface area contributed by atoms with Crippen LogP contribution in [-0.4, -0.2) is 11.2 Å². The fourth-order valence-corrected chi connectivity index (χ4v) is 2.29. The molecule has 0 aromatic heterocycles. The maximum absolute atomic E-state index is 9.87. The predicted octanol–water partition coefficient (Wildman–Crippen LogP) is 4.10. The lowest BCUT2D eigenvalue weighted by atomic mass is 9.98. The van der Waals surface area contributed by atoms with E-state index >= 15 is 0 Å². The van der Waals surface area contributed by atoms with Crippen LogP contribution in [0.1, 0.15) is 24.8 Å². The summed E-state index contributed by atoms with van der Waals surface area (Å²) in [7, 11) is 0. The van der Waals surface area contributed by atoms with Crippen LogP contribution in [0.2, 0.25) is 0 Å². The molecule has 2 rings (SSSR count). The number of fused-ring (bicyclic) bond motifs is 1. The van der Waals surface area contributed by atoms with Gasteiger partial charge in [0.05, 0.1) is 6.10 Å². The summed E-state index contributed by atoms with van der Waals surface area (Å²) in [4.78, 5) is 0. The molecule has 0 saturated carbocycles. The van der Waals surface area contributed by atoms with Crippen LogP contribution in [0, 0.1) is 0 Å². The monoisotopic (exact) mass is 240 g/mol. The highest BCUT2D eigenvalue weighted by atomic mass is 16.3. The van der Waals surface area contributed by atoms with E-state index in [1.54, 1.807) is 0 Å². The average Bonchev–Trinajstić information content (AvgIpc) is 2.42. The lowest BCUT2D eigenvalue weighted by molar-refractivity contribution is 0.156. The molecule has 2 aromatic carbocycles. The van der Waals surface area contributed by atoms with Gasteiger partial charge in [-0.25, -0.2) is 0 Å². The number of benzene rings is 2. The van der Waals surface area contributed by atoms with Crippen LogP contribution in [-0.2, 0) is 6.42 Å². The van der Waals surface area contributed by atoms with E-state index in [1.165, 1.54) is 16.3 Å². The Morgan fingerprint density at radius 1 is 1.06 bits per heavy atom. The first-order valence-corrected chi connectivity index (χ1v) is 6.57. The lowest BCUT2D eigenvalue weighted by Crippen LogP contribution is -2.07. The van der Waals surface area contributed by atoms with Crippen molar-refractivity contribution in [3.8, 4) is 0 Å². The smallest absolute Gasteiger partial charge is 0.0546 e. The molecule has 18 heavy (non-hydrogen) atoms. The number of rotatable bonds is 6. The van der Waals surface area contributed by atoms with Crippen LogP contribution in [0.15, 0.2) is 55.1 Å². The van der Waals surface area contributed by atoms with Gasteiger partial charge in [0.15, 0.2) is 0 Å². The molecule has 1 unspecified atom stereocenters. The molecule has 1 nitrogen and oxygen atoms in total. The Hall–Kier alpha value is -1.60. The van der Waals surface area contributed by atoms with Crippen LogP contribution in [0.4, 0.5) is 0 Å². The third-order valence-electron chi connectivity index (χ3n) is 3.33. The van der Waals surface area contributed by atoms with E-state index in [-0.39, 0.29) is 6.10 Å². The van der Waals surface area contributed by atoms with E-state index < -0.39 is 0 Å². The minimum absolute atomic E-state index is 0.220. The molecule has 2 aromatic rings. The summed E-state index contributed by atoms with van der Waals surface area (Å²) in [6, 6.07) is 14.8. The Balaban J connectivity index is 2.05. The fraction of sp³-hybridized carbons (Fsp3) is 0.294. The topological polar surface area (TPSA) is 20.2 Å². The van der Waals surface area contributed by atoms with Crippen LogP contribution < -0.4 is 0 Å². The fourth-order valence-electron chi connectivity index (χ4n) is 2.29. The summed E-state index contributed by atoms with van der Waals surface area (Å²) >= 11 is 0. The Morgan fingerprint density at radius 3 is 2.67 bits per heavy atom. The van der Waals surface area contributed by atoms with Gasteiger partial charge in [-0.3, -0.25) is 0 Å². The maximum Gasteiger partial charge on any atom is 0.0546 e. The molecule has 0 radical (unpaired) electrons. The second kappa shape index (κ2) is 6.36. The standard InChI is InChI=1S/C17H20O/c1-2-3-10-16(18)13-12-15-9-6-8-14-7-4-5-11-17(14)15/h2,4-9,11,16,18H,1,3,10,12-13H2. The second-order valence-corrected chi connectivity index (χ2v) is 4.70. The van der Waals surface area contributed by atoms with E-state index in [0.29, 0.717) is 0 Å². The van der Waals surface area contributed by atoms with Crippen molar-refractivity contribution in [3.63, 3.8) is 0 Å². The normalized spacial score (nSPS) is 12.5. The van der Waals surface area contributed by atoms with Crippen molar-refractivity contribution >= 4 is 10.8 Å². The van der Waals surface area contributed by atoms with Gasteiger partial charge in [-0.05, 0) is 42.0 Å². The predicted molar refractivity (Wildman–Crippen MR) is 77.7 cm³/mol. The van der Waals surface area contributed by atoms with Gasteiger partial charge in [0.2, 0.25) is 0 Å². The highest BCUT2D eigenvalue weighted by Crippen LogP contribution is 2.20. The van der Waals surface area contributed by atoms with Crippen molar-refractivity contribution < 1.29 is 5.11 Å². The van der Waals surface area contributed by atoms with E-state index in [1.807, 2.05) is 6.08 Å². The van der Waals surface area contributed by atoms with Gasteiger partial charge in [-0.1, -0.05) is 48.5 Å². The number of hydrogen-bond acceptors (Lipinski definition) is 1. The summed E-state index contributed by atoms with van der Waals surface area (Å²) in [6.45, 7) is 3.68. The molecule has 1 N–H and O–H groups in total. The van der Waals surface area contributed by atoms with Gasteiger partial charge in [0.1, 0.15) is 0 Å². The van der Waals surface area contributed by atoms with Gasteiger partial charge in [-0.15, -0.1) is 6.58 Å². The molecule has 94 valence electrons. The first-order chi connectivity index (χ1) is 8.81. The summed E-state index contributed by atoms with van der Waals surface area (Å²) < 4.78 is 0. The minimum atomic E-state index is -0.220. The highest BCUT2D eigenvalue weighted by Gasteiger charge is 2.05. The largest absolute Gasteiger partial charge is 0.393 e. The maximum atomic E-state index is 9.87. The summed E-state index contributed by atoms with van der Waals surface area (Å²) in [6.07, 6.45) is 5.09. The quantitative estimate of drug-likeness (QED) is 0.754. The third-order valence-corrected chi connectivity index (χ3v) is 3.33. The second-order valence-electron chi connectivity index (χ2n) is 4.70. The van der Waals surface area contributed by atoms with Gasteiger partial charge < -0.3 is 5.11 Å². The molecule has 0 saturated heterocycles. The highest BCUT2D eigenvalue weighted by molar-refractivity contribution is 5.85. The van der Waals surface area contributed by atoms with Crippen molar-refractivity contribution in [1.82, 2.24) is 0 Å². The van der Waals surface area contributed by atoms with Crippen molar-refractivity contribution in [2.45, 2.75) is 31.8 Å². The SMILES string of the molecule is C=CCCC(O)CCc1cccc2ccccc12. The summed E-state index contributed by atoms with van der Waals surface area (Å²) in [5.41, 5.74) is 1.32. The number of aliphatic hydroxyl groups excluding tert-OH is 1. The van der Waals surface area contributed by atoms with Crippen molar-refractivity contribution in [3.05, 3.63) is 60.7 Å². The molecule has 0 aliphatic rings.